The van der Waals surface area contributed by atoms with Crippen molar-refractivity contribution < 1.29 is 9.53 Å². The maximum atomic E-state index is 11.4. The van der Waals surface area contributed by atoms with Crippen LogP contribution in [0.3, 0.4) is 0 Å². The van der Waals surface area contributed by atoms with Gasteiger partial charge in [0, 0.05) is 19.7 Å². The topological polar surface area (TPSA) is 50.4 Å². The van der Waals surface area contributed by atoms with Gasteiger partial charge in [0.2, 0.25) is 0 Å². The predicted molar refractivity (Wildman–Crippen MR) is 64.4 cm³/mol. The highest BCUT2D eigenvalue weighted by atomic mass is 16.5. The number of amides is 2. The van der Waals surface area contributed by atoms with Crippen molar-refractivity contribution in [1.82, 2.24) is 10.6 Å². The van der Waals surface area contributed by atoms with E-state index in [9.17, 15) is 4.79 Å². The van der Waals surface area contributed by atoms with Crippen LogP contribution in [0, 0.1) is 5.41 Å². The minimum Gasteiger partial charge on any atom is -0.378 e. The van der Waals surface area contributed by atoms with Gasteiger partial charge in [-0.2, -0.15) is 0 Å². The fourth-order valence-corrected chi connectivity index (χ4v) is 1.63. The molecule has 1 rings (SSSR count). The number of carbonyl (C=O) groups is 1. The van der Waals surface area contributed by atoms with Crippen LogP contribution in [0.1, 0.15) is 40.0 Å². The van der Waals surface area contributed by atoms with Crippen LogP contribution < -0.4 is 10.6 Å². The molecule has 94 valence electrons. The lowest BCUT2D eigenvalue weighted by molar-refractivity contribution is 0.104. The summed E-state index contributed by atoms with van der Waals surface area (Å²) in [6.45, 7) is 8.55. The molecule has 0 bridgehead atoms. The van der Waals surface area contributed by atoms with Gasteiger partial charge in [-0.15, -0.1) is 0 Å². The van der Waals surface area contributed by atoms with Crippen molar-refractivity contribution in [3.63, 3.8) is 0 Å². The average Bonchev–Trinajstić information content (AvgIpc) is 2.66. The largest absolute Gasteiger partial charge is 0.378 e. The highest BCUT2D eigenvalue weighted by Gasteiger charge is 2.15. The molecule has 0 aromatic heterocycles. The van der Waals surface area contributed by atoms with Gasteiger partial charge in [0.25, 0.3) is 0 Å². The molecule has 1 aliphatic rings. The Labute approximate surface area is 98.1 Å². The molecule has 0 aromatic carbocycles. The number of carbonyl (C=O) groups excluding carboxylic acids is 1. The second kappa shape index (κ2) is 6.09. The molecular formula is C12H24N2O2. The molecule has 16 heavy (non-hydrogen) atoms. The SMILES string of the molecule is CC(C)(C)CNC(=O)NCCC1CCCO1. The zero-order valence-electron chi connectivity index (χ0n) is 10.6. The average molecular weight is 228 g/mol. The van der Waals surface area contributed by atoms with Gasteiger partial charge >= 0.3 is 6.03 Å². The van der Waals surface area contributed by atoms with Crippen LogP contribution in [-0.2, 0) is 4.74 Å². The molecule has 1 aliphatic heterocycles. The molecule has 1 fully saturated rings. The van der Waals surface area contributed by atoms with Crippen LogP contribution in [-0.4, -0.2) is 31.8 Å². The lowest BCUT2D eigenvalue weighted by atomic mass is 9.97. The molecule has 0 aromatic rings. The molecule has 2 N–H and O–H groups in total. The zero-order valence-corrected chi connectivity index (χ0v) is 10.6. The van der Waals surface area contributed by atoms with E-state index >= 15 is 0 Å². The Morgan fingerprint density at radius 3 is 2.69 bits per heavy atom. The Morgan fingerprint density at radius 2 is 2.12 bits per heavy atom. The fourth-order valence-electron chi connectivity index (χ4n) is 1.63. The monoisotopic (exact) mass is 228 g/mol. The lowest BCUT2D eigenvalue weighted by Crippen LogP contribution is -2.40. The van der Waals surface area contributed by atoms with Crippen molar-refractivity contribution in [3.05, 3.63) is 0 Å². The first-order valence-corrected chi connectivity index (χ1v) is 6.11. The highest BCUT2D eigenvalue weighted by Crippen LogP contribution is 2.14. The van der Waals surface area contributed by atoms with Crippen LogP contribution in [0.5, 0.6) is 0 Å². The van der Waals surface area contributed by atoms with Crippen molar-refractivity contribution in [2.24, 2.45) is 5.41 Å². The van der Waals surface area contributed by atoms with E-state index < -0.39 is 0 Å². The fraction of sp³-hybridized carbons (Fsp3) is 0.917. The molecule has 4 heteroatoms. The van der Waals surface area contributed by atoms with Crippen LogP contribution in [0.15, 0.2) is 0 Å². The number of hydrogen-bond acceptors (Lipinski definition) is 2. The summed E-state index contributed by atoms with van der Waals surface area (Å²) >= 11 is 0. The summed E-state index contributed by atoms with van der Waals surface area (Å²) in [5.74, 6) is 0. The Kier molecular flexibility index (Phi) is 5.06. The van der Waals surface area contributed by atoms with E-state index in [1.807, 2.05) is 0 Å². The summed E-state index contributed by atoms with van der Waals surface area (Å²) < 4.78 is 5.48. The third kappa shape index (κ3) is 5.95. The van der Waals surface area contributed by atoms with E-state index in [1.54, 1.807) is 0 Å². The zero-order chi connectivity index (χ0) is 12.0. The normalized spacial score (nSPS) is 20.8. The molecule has 1 atom stereocenters. The van der Waals surface area contributed by atoms with E-state index in [1.165, 1.54) is 0 Å². The molecule has 1 saturated heterocycles. The Bertz CT molecular complexity index is 218. The quantitative estimate of drug-likeness (QED) is 0.772. The van der Waals surface area contributed by atoms with Crippen molar-refractivity contribution in [2.75, 3.05) is 19.7 Å². The van der Waals surface area contributed by atoms with Gasteiger partial charge in [0.05, 0.1) is 6.10 Å². The highest BCUT2D eigenvalue weighted by molar-refractivity contribution is 5.73. The first-order chi connectivity index (χ1) is 7.47. The smallest absolute Gasteiger partial charge is 0.314 e. The van der Waals surface area contributed by atoms with E-state index in [0.717, 1.165) is 25.9 Å². The summed E-state index contributed by atoms with van der Waals surface area (Å²) in [5.41, 5.74) is 0.131. The van der Waals surface area contributed by atoms with Crippen LogP contribution in [0.4, 0.5) is 4.79 Å². The van der Waals surface area contributed by atoms with Gasteiger partial charge < -0.3 is 15.4 Å². The maximum absolute atomic E-state index is 11.4. The second-order valence-corrected chi connectivity index (χ2v) is 5.59. The van der Waals surface area contributed by atoms with Gasteiger partial charge in [-0.25, -0.2) is 4.79 Å². The van der Waals surface area contributed by atoms with Gasteiger partial charge in [0.15, 0.2) is 0 Å². The first kappa shape index (κ1) is 13.3. The van der Waals surface area contributed by atoms with Gasteiger partial charge in [0.1, 0.15) is 0 Å². The van der Waals surface area contributed by atoms with Crippen LogP contribution in [0.25, 0.3) is 0 Å². The third-order valence-electron chi connectivity index (χ3n) is 2.56. The minimum atomic E-state index is -0.0760. The van der Waals surface area contributed by atoms with Crippen LogP contribution in [0.2, 0.25) is 0 Å². The third-order valence-corrected chi connectivity index (χ3v) is 2.56. The van der Waals surface area contributed by atoms with Crippen molar-refractivity contribution in [2.45, 2.75) is 46.1 Å². The summed E-state index contributed by atoms with van der Waals surface area (Å²) in [5, 5.41) is 5.71. The second-order valence-electron chi connectivity index (χ2n) is 5.59. The minimum absolute atomic E-state index is 0.0760. The number of nitrogens with one attached hydrogen (secondary N) is 2. The molecule has 0 saturated carbocycles. The number of rotatable bonds is 4. The van der Waals surface area contributed by atoms with Crippen molar-refractivity contribution in [1.29, 1.82) is 0 Å². The van der Waals surface area contributed by atoms with E-state index in [4.69, 9.17) is 4.74 Å². The molecule has 0 radical (unpaired) electrons. The molecule has 0 aliphatic carbocycles. The summed E-state index contributed by atoms with van der Waals surface area (Å²) in [6, 6.07) is -0.0760. The summed E-state index contributed by atoms with van der Waals surface area (Å²) in [6.07, 6.45) is 3.55. The van der Waals surface area contributed by atoms with Gasteiger partial charge in [-0.05, 0) is 24.7 Å². The molecular weight excluding hydrogens is 204 g/mol. The van der Waals surface area contributed by atoms with Gasteiger partial charge in [-0.3, -0.25) is 0 Å². The first-order valence-electron chi connectivity index (χ1n) is 6.11. The Balaban J connectivity index is 2.01. The molecule has 1 heterocycles. The Morgan fingerprint density at radius 1 is 1.38 bits per heavy atom. The molecule has 1 unspecified atom stereocenters. The van der Waals surface area contributed by atoms with E-state index in [0.29, 0.717) is 19.2 Å². The summed E-state index contributed by atoms with van der Waals surface area (Å²) in [4.78, 5) is 11.4. The number of hydrogen-bond donors (Lipinski definition) is 2. The number of ether oxygens (including phenoxy) is 1. The van der Waals surface area contributed by atoms with Crippen molar-refractivity contribution in [3.8, 4) is 0 Å². The van der Waals surface area contributed by atoms with Gasteiger partial charge in [-0.1, -0.05) is 20.8 Å². The van der Waals surface area contributed by atoms with Crippen molar-refractivity contribution >= 4 is 6.03 Å². The van der Waals surface area contributed by atoms with E-state index in [2.05, 4.69) is 31.4 Å². The lowest BCUT2D eigenvalue weighted by Gasteiger charge is -2.19. The number of urea groups is 1. The van der Waals surface area contributed by atoms with Crippen LogP contribution >= 0.6 is 0 Å². The predicted octanol–water partition coefficient (Wildman–Crippen LogP) is 1.90. The molecule has 4 nitrogen and oxygen atoms in total. The standard InChI is InChI=1S/C12H24N2O2/c1-12(2,3)9-14-11(15)13-7-6-10-5-4-8-16-10/h10H,4-9H2,1-3H3,(H2,13,14,15). The maximum Gasteiger partial charge on any atom is 0.314 e. The molecule has 0 spiro atoms. The summed E-state index contributed by atoms with van der Waals surface area (Å²) in [7, 11) is 0. The van der Waals surface area contributed by atoms with E-state index in [-0.39, 0.29) is 11.4 Å². The Hall–Kier alpha value is -0.770. The molecule has 2 amide bonds.